The number of imidazole rings is 2. The Morgan fingerprint density at radius 3 is 1.79 bits per heavy atom. The predicted molar refractivity (Wildman–Crippen MR) is 195 cm³/mol. The molecule has 0 aliphatic carbocycles. The lowest BCUT2D eigenvalue weighted by Gasteiger charge is -2.46. The first-order chi connectivity index (χ1) is 20.8. The summed E-state index contributed by atoms with van der Waals surface area (Å²) in [4.78, 5) is 10.5. The summed E-state index contributed by atoms with van der Waals surface area (Å²) in [6.45, 7) is 15.8. The highest BCUT2D eigenvalue weighted by Crippen LogP contribution is 2.30. The zero-order valence-electron chi connectivity index (χ0n) is 27.3. The van der Waals surface area contributed by atoms with Crippen molar-refractivity contribution in [3.05, 3.63) is 65.7 Å². The Kier molecular flexibility index (Phi) is 13.1. The highest BCUT2D eigenvalue weighted by molar-refractivity contribution is 7.88. The molecular formula is C32H53ClN8O4S2. The molecule has 0 amide bonds. The number of halogens is 1. The quantitative estimate of drug-likeness (QED) is 0.324. The van der Waals surface area contributed by atoms with Gasteiger partial charge in [-0.25, -0.2) is 26.8 Å². The van der Waals surface area contributed by atoms with Crippen molar-refractivity contribution in [2.24, 2.45) is 0 Å². The van der Waals surface area contributed by atoms with E-state index >= 15 is 0 Å². The molecular weight excluding hydrogens is 660 g/mol. The van der Waals surface area contributed by atoms with E-state index in [4.69, 9.17) is 11.6 Å². The van der Waals surface area contributed by atoms with Crippen LogP contribution in [0.2, 0.25) is 5.02 Å². The minimum atomic E-state index is -3.19. The van der Waals surface area contributed by atoms with Gasteiger partial charge < -0.3 is 19.0 Å². The highest BCUT2D eigenvalue weighted by Gasteiger charge is 2.39. The lowest BCUT2D eigenvalue weighted by molar-refractivity contribution is 0.187. The Labute approximate surface area is 286 Å². The largest absolute Gasteiger partial charge is 0.367 e. The van der Waals surface area contributed by atoms with E-state index in [0.717, 1.165) is 46.0 Å². The summed E-state index contributed by atoms with van der Waals surface area (Å²) in [5.74, 6) is 0. The van der Waals surface area contributed by atoms with Crippen molar-refractivity contribution < 1.29 is 16.8 Å². The van der Waals surface area contributed by atoms with Crippen LogP contribution in [0.1, 0.15) is 53.7 Å². The maximum Gasteiger partial charge on any atom is 0.211 e. The van der Waals surface area contributed by atoms with Gasteiger partial charge in [-0.2, -0.15) is 8.61 Å². The van der Waals surface area contributed by atoms with Crippen LogP contribution in [-0.4, -0.2) is 107 Å². The molecule has 0 aromatic carbocycles. The molecule has 0 saturated carbocycles. The maximum absolute atomic E-state index is 12.0. The first-order valence-corrected chi connectivity index (χ1v) is 18.8. The Balaban J connectivity index is 0.000000262. The molecule has 4 aromatic rings. The SMILES string of the molecule is C.C.CC1(C)CNCCN1S(C)(=O)=O.Cc1cc(Cl)c2cncn2c1.Cc1cc(N2CCN(S(C)(=O)=O)C(C)(C)C2)c2cncn2c1. The smallest absolute Gasteiger partial charge is 0.211 e. The van der Waals surface area contributed by atoms with Crippen LogP contribution in [0.15, 0.2) is 49.6 Å². The average molecular weight is 713 g/mol. The van der Waals surface area contributed by atoms with Gasteiger partial charge >= 0.3 is 0 Å². The van der Waals surface area contributed by atoms with E-state index in [0.29, 0.717) is 26.2 Å². The summed E-state index contributed by atoms with van der Waals surface area (Å²) >= 11 is 5.94. The lowest BCUT2D eigenvalue weighted by atomic mass is 10.0. The van der Waals surface area contributed by atoms with Crippen molar-refractivity contribution in [3.8, 4) is 0 Å². The number of piperazine rings is 2. The van der Waals surface area contributed by atoms with Gasteiger partial charge in [0.25, 0.3) is 0 Å². The minimum Gasteiger partial charge on any atom is -0.367 e. The van der Waals surface area contributed by atoms with E-state index in [-0.39, 0.29) is 20.4 Å². The van der Waals surface area contributed by atoms with Gasteiger partial charge in [-0.1, -0.05) is 26.5 Å². The van der Waals surface area contributed by atoms with Crippen molar-refractivity contribution in [3.63, 3.8) is 0 Å². The molecule has 0 unspecified atom stereocenters. The van der Waals surface area contributed by atoms with Crippen LogP contribution in [0.25, 0.3) is 11.0 Å². The van der Waals surface area contributed by atoms with E-state index in [2.05, 4.69) is 33.2 Å². The standard InChI is InChI=1S/C15H22N4O2S.C8H7ClN2.C7H16N2O2S.2CH4/c1-12-7-13(14-8-16-11-18(14)9-12)17-5-6-19(22(4,20)21)15(2,3)10-17;1-6-2-7(9)8-3-10-5-11(8)4-6;1-7(2)6-8-4-5-9(7)12(3,10)11;;/h7-9,11H,5-6,10H2,1-4H3;2-5H,1H3;8H,4-6H2,1-3H3;2*1H4. The first kappa shape index (κ1) is 40.4. The number of aromatic nitrogens is 4. The molecule has 2 aliphatic heterocycles. The van der Waals surface area contributed by atoms with Gasteiger partial charge in [-0.05, 0) is 64.8 Å². The molecule has 0 spiro atoms. The zero-order chi connectivity index (χ0) is 33.4. The predicted octanol–water partition coefficient (Wildman–Crippen LogP) is 4.70. The molecule has 0 radical (unpaired) electrons. The summed E-state index contributed by atoms with van der Waals surface area (Å²) in [5, 5.41) is 3.92. The second kappa shape index (κ2) is 15.2. The number of hydrogen-bond acceptors (Lipinski definition) is 8. The van der Waals surface area contributed by atoms with Crippen molar-refractivity contribution in [2.45, 2.75) is 67.5 Å². The molecule has 1 N–H and O–H groups in total. The number of rotatable bonds is 3. The summed E-state index contributed by atoms with van der Waals surface area (Å²) in [6, 6.07) is 4.07. The molecule has 15 heteroatoms. The van der Waals surface area contributed by atoms with Crippen LogP contribution >= 0.6 is 11.6 Å². The van der Waals surface area contributed by atoms with Gasteiger partial charge in [0.2, 0.25) is 20.0 Å². The third kappa shape index (κ3) is 9.67. The Morgan fingerprint density at radius 2 is 1.28 bits per heavy atom. The van der Waals surface area contributed by atoms with Crippen LogP contribution in [0, 0.1) is 13.8 Å². The van der Waals surface area contributed by atoms with Gasteiger partial charge in [0.15, 0.2) is 0 Å². The van der Waals surface area contributed by atoms with E-state index in [1.54, 1.807) is 27.5 Å². The lowest BCUT2D eigenvalue weighted by Crippen LogP contribution is -2.60. The fourth-order valence-electron chi connectivity index (χ4n) is 6.07. The molecule has 6 rings (SSSR count). The van der Waals surface area contributed by atoms with Crippen LogP contribution in [0.4, 0.5) is 5.69 Å². The number of aryl methyl sites for hydroxylation is 2. The number of nitrogens with one attached hydrogen (secondary N) is 1. The first-order valence-electron chi connectivity index (χ1n) is 14.7. The molecule has 4 aromatic heterocycles. The van der Waals surface area contributed by atoms with Gasteiger partial charge in [0.1, 0.15) is 0 Å². The van der Waals surface area contributed by atoms with Crippen molar-refractivity contribution in [2.75, 3.05) is 56.7 Å². The summed E-state index contributed by atoms with van der Waals surface area (Å²) in [7, 11) is -6.23. The average Bonchev–Trinajstić information content (AvgIpc) is 3.56. The normalized spacial score (nSPS) is 18.3. The van der Waals surface area contributed by atoms with Crippen molar-refractivity contribution in [1.29, 1.82) is 0 Å². The highest BCUT2D eigenvalue weighted by atomic mass is 35.5. The zero-order valence-corrected chi connectivity index (χ0v) is 29.7. The number of fused-ring (bicyclic) bond motifs is 2. The Hall–Kier alpha value is -2.75. The van der Waals surface area contributed by atoms with Gasteiger partial charge in [0, 0.05) is 62.7 Å². The van der Waals surface area contributed by atoms with Gasteiger partial charge in [0.05, 0.1) is 59.3 Å². The van der Waals surface area contributed by atoms with Crippen LogP contribution in [0.5, 0.6) is 0 Å². The van der Waals surface area contributed by atoms with Crippen LogP contribution in [-0.2, 0) is 20.0 Å². The van der Waals surface area contributed by atoms with Gasteiger partial charge in [-0.3, -0.25) is 0 Å². The third-order valence-electron chi connectivity index (χ3n) is 7.94. The maximum atomic E-state index is 12.0. The molecule has 12 nitrogen and oxygen atoms in total. The van der Waals surface area contributed by atoms with Gasteiger partial charge in [-0.15, -0.1) is 0 Å². The number of nitrogens with zero attached hydrogens (tertiary/aromatic N) is 7. The number of hydrogen-bond donors (Lipinski definition) is 1. The van der Waals surface area contributed by atoms with Crippen LogP contribution < -0.4 is 10.2 Å². The summed E-state index contributed by atoms with van der Waals surface area (Å²) in [6.07, 6.45) is 13.7. The molecule has 47 heavy (non-hydrogen) atoms. The molecule has 2 fully saturated rings. The molecule has 2 aliphatic rings. The number of pyridine rings is 2. The number of anilines is 1. The molecule has 2 saturated heterocycles. The second-order valence-corrected chi connectivity index (χ2v) is 17.3. The Morgan fingerprint density at radius 1 is 0.766 bits per heavy atom. The minimum absolute atomic E-state index is 0. The van der Waals surface area contributed by atoms with E-state index < -0.39 is 25.6 Å². The molecule has 0 atom stereocenters. The molecule has 0 bridgehead atoms. The van der Waals surface area contributed by atoms with E-state index in [1.807, 2.05) is 68.1 Å². The fourth-order valence-corrected chi connectivity index (χ4v) is 9.14. The summed E-state index contributed by atoms with van der Waals surface area (Å²) in [5.41, 5.74) is 4.69. The third-order valence-corrected chi connectivity index (χ3v) is 11.2. The second-order valence-electron chi connectivity index (χ2n) is 13.0. The molecule has 6 heterocycles. The van der Waals surface area contributed by atoms with Crippen LogP contribution in [0.3, 0.4) is 0 Å². The van der Waals surface area contributed by atoms with E-state index in [9.17, 15) is 16.8 Å². The van der Waals surface area contributed by atoms with Crippen molar-refractivity contribution >= 4 is 48.4 Å². The number of sulfonamides is 2. The molecule has 264 valence electrons. The monoisotopic (exact) mass is 712 g/mol. The summed E-state index contributed by atoms with van der Waals surface area (Å²) < 4.78 is 53.6. The topological polar surface area (TPSA) is 125 Å². The van der Waals surface area contributed by atoms with Crippen molar-refractivity contribution in [1.82, 2.24) is 32.7 Å². The van der Waals surface area contributed by atoms with E-state index in [1.165, 1.54) is 12.5 Å². The Bertz CT molecular complexity index is 1870. The fraction of sp³-hybridized carbons (Fsp3) is 0.562.